The molecule has 1 aliphatic rings. The van der Waals surface area contributed by atoms with E-state index in [-0.39, 0.29) is 18.0 Å². The minimum atomic E-state index is -0.488. The van der Waals surface area contributed by atoms with Crippen LogP contribution >= 0.6 is 0 Å². The number of fused-ring (bicyclic) bond motifs is 1. The smallest absolute Gasteiger partial charge is 0.228 e. The van der Waals surface area contributed by atoms with Crippen molar-refractivity contribution in [2.75, 3.05) is 11.9 Å². The van der Waals surface area contributed by atoms with Crippen LogP contribution in [0, 0.1) is 5.82 Å². The number of halogens is 1. The molecule has 25 heavy (non-hydrogen) atoms. The lowest BCUT2D eigenvalue weighted by atomic mass is 10.1. The number of carbonyl (C=O) groups excluding carboxylic acids is 1. The summed E-state index contributed by atoms with van der Waals surface area (Å²) >= 11 is 0. The second-order valence-electron chi connectivity index (χ2n) is 5.77. The van der Waals surface area contributed by atoms with Crippen LogP contribution in [0.3, 0.4) is 0 Å². The summed E-state index contributed by atoms with van der Waals surface area (Å²) in [5, 5.41) is 6.61. The zero-order valence-electron chi connectivity index (χ0n) is 13.3. The number of rotatable bonds is 4. The Morgan fingerprint density at radius 3 is 3.00 bits per heavy atom. The number of nitrogens with zero attached hydrogens (tertiary/aromatic N) is 3. The standard InChI is InChI=1S/C18H15FN4O2/c19-15-9-14(2-3-16(15)23-11-20-10-21-23)22-18(24)8-12-1-4-17-13(7-12)5-6-25-17/h1-4,7,9-11H,5-6,8H2,(H,22,24). The van der Waals surface area contributed by atoms with Gasteiger partial charge in [-0.2, -0.15) is 5.10 Å². The largest absolute Gasteiger partial charge is 0.493 e. The van der Waals surface area contributed by atoms with Crippen LogP contribution in [-0.2, 0) is 17.6 Å². The van der Waals surface area contributed by atoms with Gasteiger partial charge in [-0.3, -0.25) is 4.79 Å². The van der Waals surface area contributed by atoms with Crippen LogP contribution in [0.4, 0.5) is 10.1 Å². The molecule has 6 nitrogen and oxygen atoms in total. The quantitative estimate of drug-likeness (QED) is 0.794. The maximum atomic E-state index is 14.2. The minimum Gasteiger partial charge on any atom is -0.493 e. The number of amides is 1. The zero-order valence-corrected chi connectivity index (χ0v) is 13.3. The van der Waals surface area contributed by atoms with E-state index in [2.05, 4.69) is 15.4 Å². The first kappa shape index (κ1) is 15.3. The molecule has 1 amide bonds. The first-order chi connectivity index (χ1) is 12.2. The molecule has 3 aromatic rings. The number of hydrogen-bond donors (Lipinski definition) is 1. The van der Waals surface area contributed by atoms with Crippen molar-refractivity contribution in [2.24, 2.45) is 0 Å². The molecule has 0 saturated carbocycles. The predicted molar refractivity (Wildman–Crippen MR) is 89.3 cm³/mol. The lowest BCUT2D eigenvalue weighted by Gasteiger charge is -2.08. The molecule has 0 bridgehead atoms. The normalized spacial score (nSPS) is 12.5. The average Bonchev–Trinajstić information content (AvgIpc) is 3.25. The van der Waals surface area contributed by atoms with Crippen molar-refractivity contribution in [3.05, 3.63) is 66.0 Å². The number of nitrogens with one attached hydrogen (secondary N) is 1. The number of ether oxygens (including phenoxy) is 1. The molecule has 0 spiro atoms. The van der Waals surface area contributed by atoms with Gasteiger partial charge in [0.2, 0.25) is 5.91 Å². The van der Waals surface area contributed by atoms with Crippen LogP contribution in [-0.4, -0.2) is 27.3 Å². The molecule has 0 fully saturated rings. The van der Waals surface area contributed by atoms with E-state index in [4.69, 9.17) is 4.74 Å². The van der Waals surface area contributed by atoms with E-state index in [1.54, 1.807) is 12.1 Å². The lowest BCUT2D eigenvalue weighted by Crippen LogP contribution is -2.14. The van der Waals surface area contributed by atoms with Gasteiger partial charge in [0.25, 0.3) is 0 Å². The molecule has 4 rings (SSSR count). The summed E-state index contributed by atoms with van der Waals surface area (Å²) in [4.78, 5) is 16.0. The Balaban J connectivity index is 1.45. The van der Waals surface area contributed by atoms with Crippen LogP contribution in [0.25, 0.3) is 5.69 Å². The second kappa shape index (κ2) is 6.35. The van der Waals surface area contributed by atoms with Crippen LogP contribution in [0.1, 0.15) is 11.1 Å². The maximum absolute atomic E-state index is 14.2. The van der Waals surface area contributed by atoms with Crippen molar-refractivity contribution in [2.45, 2.75) is 12.8 Å². The summed E-state index contributed by atoms with van der Waals surface area (Å²) < 4.78 is 21.0. The average molecular weight is 338 g/mol. The van der Waals surface area contributed by atoms with E-state index in [0.29, 0.717) is 12.3 Å². The summed E-state index contributed by atoms with van der Waals surface area (Å²) in [5.74, 6) is 0.194. The molecule has 7 heteroatoms. The molecule has 126 valence electrons. The topological polar surface area (TPSA) is 69.0 Å². The van der Waals surface area contributed by atoms with Gasteiger partial charge in [-0.25, -0.2) is 14.1 Å². The van der Waals surface area contributed by atoms with Crippen molar-refractivity contribution >= 4 is 11.6 Å². The van der Waals surface area contributed by atoms with Gasteiger partial charge in [0.05, 0.1) is 13.0 Å². The zero-order chi connectivity index (χ0) is 17.2. The summed E-state index contributed by atoms with van der Waals surface area (Å²) in [5.41, 5.74) is 2.69. The third kappa shape index (κ3) is 3.21. The van der Waals surface area contributed by atoms with Crippen molar-refractivity contribution in [3.8, 4) is 11.4 Å². The highest BCUT2D eigenvalue weighted by Gasteiger charge is 2.14. The van der Waals surface area contributed by atoms with Gasteiger partial charge in [0, 0.05) is 12.1 Å². The molecule has 2 heterocycles. The number of aromatic nitrogens is 3. The van der Waals surface area contributed by atoms with Gasteiger partial charge in [0.1, 0.15) is 24.1 Å². The Morgan fingerprint density at radius 2 is 2.20 bits per heavy atom. The maximum Gasteiger partial charge on any atom is 0.228 e. The van der Waals surface area contributed by atoms with Crippen LogP contribution in [0.2, 0.25) is 0 Å². The highest BCUT2D eigenvalue weighted by molar-refractivity contribution is 5.92. The third-order valence-electron chi connectivity index (χ3n) is 4.02. The fourth-order valence-corrected chi connectivity index (χ4v) is 2.84. The van der Waals surface area contributed by atoms with Gasteiger partial charge >= 0.3 is 0 Å². The van der Waals surface area contributed by atoms with E-state index in [0.717, 1.165) is 23.3 Å². The lowest BCUT2D eigenvalue weighted by molar-refractivity contribution is -0.115. The van der Waals surface area contributed by atoms with E-state index in [1.165, 1.54) is 23.4 Å². The Morgan fingerprint density at radius 1 is 1.28 bits per heavy atom. The molecule has 1 aliphatic heterocycles. The highest BCUT2D eigenvalue weighted by atomic mass is 19.1. The monoisotopic (exact) mass is 338 g/mol. The summed E-state index contributed by atoms with van der Waals surface area (Å²) in [7, 11) is 0. The van der Waals surface area contributed by atoms with Gasteiger partial charge < -0.3 is 10.1 Å². The van der Waals surface area contributed by atoms with Crippen molar-refractivity contribution in [1.82, 2.24) is 14.8 Å². The van der Waals surface area contributed by atoms with Crippen molar-refractivity contribution in [3.63, 3.8) is 0 Å². The number of benzene rings is 2. The molecule has 0 saturated heterocycles. The highest BCUT2D eigenvalue weighted by Crippen LogP contribution is 2.26. The summed E-state index contributed by atoms with van der Waals surface area (Å²) in [6, 6.07) is 10.2. The first-order valence-electron chi connectivity index (χ1n) is 7.88. The van der Waals surface area contributed by atoms with Crippen LogP contribution in [0.15, 0.2) is 49.1 Å². The Bertz CT molecular complexity index is 925. The van der Waals surface area contributed by atoms with Crippen molar-refractivity contribution in [1.29, 1.82) is 0 Å². The SMILES string of the molecule is O=C(Cc1ccc2c(c1)CCO2)Nc1ccc(-n2cncn2)c(F)c1. The fraction of sp³-hybridized carbons (Fsp3) is 0.167. The summed E-state index contributed by atoms with van der Waals surface area (Å²) in [6.07, 6.45) is 3.82. The number of hydrogen-bond acceptors (Lipinski definition) is 4. The van der Waals surface area contributed by atoms with E-state index < -0.39 is 5.82 Å². The second-order valence-corrected chi connectivity index (χ2v) is 5.77. The Kier molecular flexibility index (Phi) is 3.89. The first-order valence-corrected chi connectivity index (χ1v) is 7.88. The van der Waals surface area contributed by atoms with Crippen molar-refractivity contribution < 1.29 is 13.9 Å². The number of anilines is 1. The minimum absolute atomic E-state index is 0.202. The predicted octanol–water partition coefficient (Wildman–Crippen LogP) is 2.52. The van der Waals surface area contributed by atoms with E-state index in [1.807, 2.05) is 18.2 Å². The molecule has 1 N–H and O–H groups in total. The Labute approximate surface area is 143 Å². The van der Waals surface area contributed by atoms with Crippen LogP contribution < -0.4 is 10.1 Å². The van der Waals surface area contributed by atoms with Gasteiger partial charge in [-0.15, -0.1) is 0 Å². The summed E-state index contributed by atoms with van der Waals surface area (Å²) in [6.45, 7) is 0.683. The molecular formula is C18H15FN4O2. The molecule has 1 aromatic heterocycles. The molecular weight excluding hydrogens is 323 g/mol. The van der Waals surface area contributed by atoms with E-state index >= 15 is 0 Å². The fourth-order valence-electron chi connectivity index (χ4n) is 2.84. The van der Waals surface area contributed by atoms with Gasteiger partial charge in [-0.1, -0.05) is 12.1 Å². The van der Waals surface area contributed by atoms with E-state index in [9.17, 15) is 9.18 Å². The molecule has 0 aliphatic carbocycles. The van der Waals surface area contributed by atoms with Gasteiger partial charge in [0.15, 0.2) is 5.82 Å². The molecule has 0 atom stereocenters. The molecule has 0 unspecified atom stereocenters. The Hall–Kier alpha value is -3.22. The van der Waals surface area contributed by atoms with Crippen LogP contribution in [0.5, 0.6) is 5.75 Å². The van der Waals surface area contributed by atoms with Gasteiger partial charge in [-0.05, 0) is 35.4 Å². The number of carbonyl (C=O) groups is 1. The third-order valence-corrected chi connectivity index (χ3v) is 4.02. The molecule has 2 aromatic carbocycles. The molecule has 0 radical (unpaired) electrons.